The lowest BCUT2D eigenvalue weighted by Gasteiger charge is -2.11. The second-order valence-corrected chi connectivity index (χ2v) is 5.33. The minimum atomic E-state index is 0. The Morgan fingerprint density at radius 2 is 1.95 bits per heavy atom. The number of nitrogens with one attached hydrogen (secondary N) is 2. The average Bonchev–Trinajstić information content (AvgIpc) is 2.91. The van der Waals surface area contributed by atoms with Gasteiger partial charge in [-0.05, 0) is 19.3 Å². The van der Waals surface area contributed by atoms with Gasteiger partial charge in [0.15, 0.2) is 5.96 Å². The van der Waals surface area contributed by atoms with Gasteiger partial charge in [0, 0.05) is 26.7 Å². The van der Waals surface area contributed by atoms with Gasteiger partial charge in [-0.1, -0.05) is 38.5 Å². The summed E-state index contributed by atoms with van der Waals surface area (Å²) in [6, 6.07) is 0. The summed E-state index contributed by atoms with van der Waals surface area (Å²) >= 11 is 0. The zero-order valence-electron chi connectivity index (χ0n) is 13.1. The SMILES string of the molecule is CCNC(=NCCCCC1CCCC1)NCCOC.I. The topological polar surface area (TPSA) is 45.7 Å². The number of aliphatic imine (C=N–C) groups is 1. The summed E-state index contributed by atoms with van der Waals surface area (Å²) in [6.07, 6.45) is 9.77. The van der Waals surface area contributed by atoms with E-state index in [0.29, 0.717) is 6.61 Å². The zero-order chi connectivity index (χ0) is 13.8. The zero-order valence-corrected chi connectivity index (χ0v) is 15.4. The van der Waals surface area contributed by atoms with Crippen molar-refractivity contribution in [2.45, 2.75) is 51.9 Å². The second-order valence-electron chi connectivity index (χ2n) is 5.33. The van der Waals surface area contributed by atoms with E-state index in [1.807, 2.05) is 0 Å². The van der Waals surface area contributed by atoms with Gasteiger partial charge in [-0.15, -0.1) is 24.0 Å². The van der Waals surface area contributed by atoms with E-state index in [-0.39, 0.29) is 24.0 Å². The van der Waals surface area contributed by atoms with E-state index in [1.165, 1.54) is 44.9 Å². The van der Waals surface area contributed by atoms with E-state index >= 15 is 0 Å². The van der Waals surface area contributed by atoms with Gasteiger partial charge in [0.25, 0.3) is 0 Å². The van der Waals surface area contributed by atoms with E-state index in [4.69, 9.17) is 4.74 Å². The van der Waals surface area contributed by atoms with Crippen LogP contribution in [0.4, 0.5) is 0 Å². The number of guanidine groups is 1. The number of hydrogen-bond donors (Lipinski definition) is 2. The molecule has 1 rings (SSSR count). The van der Waals surface area contributed by atoms with Crippen molar-refractivity contribution in [3.05, 3.63) is 0 Å². The fourth-order valence-corrected chi connectivity index (χ4v) is 2.65. The van der Waals surface area contributed by atoms with Crippen LogP contribution in [-0.4, -0.2) is 39.3 Å². The summed E-state index contributed by atoms with van der Waals surface area (Å²) in [5.41, 5.74) is 0. The fraction of sp³-hybridized carbons (Fsp3) is 0.933. The standard InChI is InChI=1S/C15H31N3O.HI/c1-3-16-15(18-12-13-19-2)17-11-7-6-10-14-8-4-5-9-14;/h14H,3-13H2,1-2H3,(H2,16,17,18);1H. The predicted molar refractivity (Wildman–Crippen MR) is 97.1 cm³/mol. The molecule has 1 fully saturated rings. The van der Waals surface area contributed by atoms with Crippen molar-refractivity contribution in [3.63, 3.8) is 0 Å². The number of nitrogens with zero attached hydrogens (tertiary/aromatic N) is 1. The molecule has 0 spiro atoms. The molecule has 0 amide bonds. The molecule has 1 saturated carbocycles. The Balaban J connectivity index is 0.00000361. The Morgan fingerprint density at radius 3 is 2.60 bits per heavy atom. The summed E-state index contributed by atoms with van der Waals surface area (Å²) in [6.45, 7) is 5.44. The van der Waals surface area contributed by atoms with Crippen LogP contribution < -0.4 is 10.6 Å². The number of ether oxygens (including phenoxy) is 1. The normalized spacial score (nSPS) is 16.0. The van der Waals surface area contributed by atoms with Crippen LogP contribution in [0, 0.1) is 5.92 Å². The van der Waals surface area contributed by atoms with Gasteiger partial charge >= 0.3 is 0 Å². The van der Waals surface area contributed by atoms with Gasteiger partial charge in [-0.25, -0.2) is 0 Å². The third kappa shape index (κ3) is 9.80. The van der Waals surface area contributed by atoms with Crippen molar-refractivity contribution < 1.29 is 4.74 Å². The van der Waals surface area contributed by atoms with Crippen LogP contribution in [-0.2, 0) is 4.74 Å². The molecule has 1 aliphatic rings. The van der Waals surface area contributed by atoms with E-state index in [9.17, 15) is 0 Å². The molecule has 0 heterocycles. The molecule has 0 bridgehead atoms. The number of rotatable bonds is 9. The summed E-state index contributed by atoms with van der Waals surface area (Å²) in [7, 11) is 1.72. The Morgan fingerprint density at radius 1 is 1.20 bits per heavy atom. The Bertz CT molecular complexity index is 243. The molecule has 1 aliphatic carbocycles. The molecule has 0 aromatic rings. The number of methoxy groups -OCH3 is 1. The highest BCUT2D eigenvalue weighted by Gasteiger charge is 2.13. The molecule has 20 heavy (non-hydrogen) atoms. The lowest BCUT2D eigenvalue weighted by atomic mass is 10.0. The van der Waals surface area contributed by atoms with Crippen LogP contribution in [0.5, 0.6) is 0 Å². The Kier molecular flexibility index (Phi) is 13.9. The largest absolute Gasteiger partial charge is 0.383 e. The summed E-state index contributed by atoms with van der Waals surface area (Å²) in [5, 5.41) is 6.52. The molecule has 5 heteroatoms. The van der Waals surface area contributed by atoms with E-state index in [2.05, 4.69) is 22.5 Å². The maximum atomic E-state index is 5.03. The van der Waals surface area contributed by atoms with Gasteiger partial charge in [0.2, 0.25) is 0 Å². The van der Waals surface area contributed by atoms with E-state index < -0.39 is 0 Å². The molecule has 0 atom stereocenters. The minimum Gasteiger partial charge on any atom is -0.383 e. The molecule has 0 unspecified atom stereocenters. The number of halogens is 1. The Labute approximate surface area is 141 Å². The summed E-state index contributed by atoms with van der Waals surface area (Å²) < 4.78 is 5.03. The first kappa shape index (κ1) is 20.0. The van der Waals surface area contributed by atoms with Crippen molar-refractivity contribution in [2.24, 2.45) is 10.9 Å². The van der Waals surface area contributed by atoms with Crippen LogP contribution >= 0.6 is 24.0 Å². The number of unbranched alkanes of at least 4 members (excludes halogenated alkanes) is 1. The molecule has 0 aliphatic heterocycles. The van der Waals surface area contributed by atoms with Gasteiger partial charge < -0.3 is 15.4 Å². The third-order valence-electron chi connectivity index (χ3n) is 3.71. The van der Waals surface area contributed by atoms with Crippen molar-refractivity contribution in [2.75, 3.05) is 33.4 Å². The monoisotopic (exact) mass is 397 g/mol. The predicted octanol–water partition coefficient (Wildman–Crippen LogP) is 3.17. The average molecular weight is 397 g/mol. The van der Waals surface area contributed by atoms with Gasteiger partial charge in [-0.3, -0.25) is 4.99 Å². The third-order valence-corrected chi connectivity index (χ3v) is 3.71. The van der Waals surface area contributed by atoms with Crippen molar-refractivity contribution in [3.8, 4) is 0 Å². The fourth-order valence-electron chi connectivity index (χ4n) is 2.65. The first-order valence-electron chi connectivity index (χ1n) is 7.88. The maximum Gasteiger partial charge on any atom is 0.191 e. The maximum absolute atomic E-state index is 5.03. The van der Waals surface area contributed by atoms with E-state index in [0.717, 1.165) is 31.5 Å². The highest BCUT2D eigenvalue weighted by Crippen LogP contribution is 2.28. The van der Waals surface area contributed by atoms with E-state index in [1.54, 1.807) is 7.11 Å². The highest BCUT2D eigenvalue weighted by atomic mass is 127. The van der Waals surface area contributed by atoms with Crippen LogP contribution in [0.25, 0.3) is 0 Å². The minimum absolute atomic E-state index is 0. The molecule has 4 nitrogen and oxygen atoms in total. The first-order chi connectivity index (χ1) is 9.36. The van der Waals surface area contributed by atoms with Crippen LogP contribution in [0.1, 0.15) is 51.9 Å². The molecule has 0 radical (unpaired) electrons. The molecule has 120 valence electrons. The molecule has 0 aromatic heterocycles. The van der Waals surface area contributed by atoms with Gasteiger partial charge in [0.05, 0.1) is 6.61 Å². The highest BCUT2D eigenvalue weighted by molar-refractivity contribution is 14.0. The van der Waals surface area contributed by atoms with Crippen molar-refractivity contribution >= 4 is 29.9 Å². The molecule has 0 saturated heterocycles. The lowest BCUT2D eigenvalue weighted by Crippen LogP contribution is -2.39. The van der Waals surface area contributed by atoms with Crippen LogP contribution in [0.15, 0.2) is 4.99 Å². The van der Waals surface area contributed by atoms with Crippen LogP contribution in [0.3, 0.4) is 0 Å². The molecule has 2 N–H and O–H groups in total. The first-order valence-corrected chi connectivity index (χ1v) is 7.88. The molecular weight excluding hydrogens is 365 g/mol. The quantitative estimate of drug-likeness (QED) is 0.272. The smallest absolute Gasteiger partial charge is 0.191 e. The number of hydrogen-bond acceptors (Lipinski definition) is 2. The summed E-state index contributed by atoms with van der Waals surface area (Å²) in [4.78, 5) is 4.59. The van der Waals surface area contributed by atoms with Crippen LogP contribution in [0.2, 0.25) is 0 Å². The van der Waals surface area contributed by atoms with Crippen molar-refractivity contribution in [1.82, 2.24) is 10.6 Å². The van der Waals surface area contributed by atoms with Crippen molar-refractivity contribution in [1.29, 1.82) is 0 Å². The summed E-state index contributed by atoms with van der Waals surface area (Å²) in [5.74, 6) is 1.93. The Hall–Kier alpha value is -0.0400. The lowest BCUT2D eigenvalue weighted by molar-refractivity contribution is 0.203. The molecular formula is C15H32IN3O. The molecule has 0 aromatic carbocycles. The van der Waals surface area contributed by atoms with Gasteiger partial charge in [-0.2, -0.15) is 0 Å². The second kappa shape index (κ2) is 13.9. The van der Waals surface area contributed by atoms with Gasteiger partial charge in [0.1, 0.15) is 0 Å².